The van der Waals surface area contributed by atoms with Gasteiger partial charge in [0.1, 0.15) is 0 Å². The van der Waals surface area contributed by atoms with Gasteiger partial charge in [-0.05, 0) is 18.8 Å². The van der Waals surface area contributed by atoms with Gasteiger partial charge in [0.2, 0.25) is 11.9 Å². The molecule has 2 fully saturated rings. The Balaban J connectivity index is 1.47. The van der Waals surface area contributed by atoms with Crippen LogP contribution < -0.4 is 4.90 Å². The van der Waals surface area contributed by atoms with Crippen LogP contribution in [0.3, 0.4) is 0 Å². The van der Waals surface area contributed by atoms with Gasteiger partial charge in [0, 0.05) is 32.6 Å². The normalized spacial score (nSPS) is 20.2. The van der Waals surface area contributed by atoms with Crippen LogP contribution in [0.5, 0.6) is 0 Å². The SMILES string of the molecule is O=C(CC1CCN(c2ncc(Cl)cn2)CC1)N1CCOCC1. The minimum atomic E-state index is 0.268. The van der Waals surface area contributed by atoms with E-state index in [-0.39, 0.29) is 5.91 Å². The number of ether oxygens (including phenoxy) is 1. The van der Waals surface area contributed by atoms with E-state index in [4.69, 9.17) is 16.3 Å². The molecule has 2 aliphatic heterocycles. The van der Waals surface area contributed by atoms with E-state index in [0.717, 1.165) is 45.0 Å². The number of carbonyl (C=O) groups excluding carboxylic acids is 1. The third-order valence-corrected chi connectivity index (χ3v) is 4.53. The molecule has 1 aromatic heterocycles. The number of halogens is 1. The van der Waals surface area contributed by atoms with Gasteiger partial charge in [-0.25, -0.2) is 9.97 Å². The summed E-state index contributed by atoms with van der Waals surface area (Å²) in [6.45, 7) is 4.58. The zero-order valence-corrected chi connectivity index (χ0v) is 13.3. The molecule has 1 aromatic rings. The van der Waals surface area contributed by atoms with Crippen LogP contribution in [0.25, 0.3) is 0 Å². The minimum absolute atomic E-state index is 0.268. The van der Waals surface area contributed by atoms with Crippen LogP contribution in [-0.2, 0) is 9.53 Å². The standard InChI is InChI=1S/C15H21ClN4O2/c16-13-10-17-15(18-11-13)20-3-1-12(2-4-20)9-14(21)19-5-7-22-8-6-19/h10-12H,1-9H2. The molecule has 0 radical (unpaired) electrons. The van der Waals surface area contributed by atoms with Crippen molar-refractivity contribution in [3.63, 3.8) is 0 Å². The van der Waals surface area contributed by atoms with Crippen LogP contribution in [0.2, 0.25) is 5.02 Å². The average molecular weight is 325 g/mol. The zero-order valence-electron chi connectivity index (χ0n) is 12.6. The molecule has 0 aromatic carbocycles. The topological polar surface area (TPSA) is 58.6 Å². The highest BCUT2D eigenvalue weighted by molar-refractivity contribution is 6.30. The van der Waals surface area contributed by atoms with Crippen LogP contribution >= 0.6 is 11.6 Å². The number of anilines is 1. The number of carbonyl (C=O) groups is 1. The maximum Gasteiger partial charge on any atom is 0.225 e. The molecule has 120 valence electrons. The second-order valence-corrected chi connectivity index (χ2v) is 6.27. The van der Waals surface area contributed by atoms with E-state index in [1.165, 1.54) is 0 Å². The van der Waals surface area contributed by atoms with Crippen LogP contribution in [0.1, 0.15) is 19.3 Å². The maximum atomic E-state index is 12.3. The number of piperidine rings is 1. The molecule has 3 rings (SSSR count). The fourth-order valence-electron chi connectivity index (χ4n) is 2.99. The number of nitrogens with zero attached hydrogens (tertiary/aromatic N) is 4. The third-order valence-electron chi connectivity index (χ3n) is 4.33. The Kier molecular flexibility index (Phi) is 5.10. The first kappa shape index (κ1) is 15.5. The number of rotatable bonds is 3. The molecule has 3 heterocycles. The summed E-state index contributed by atoms with van der Waals surface area (Å²) in [6.07, 6.45) is 5.90. The van der Waals surface area contributed by atoms with Crippen LogP contribution in [-0.4, -0.2) is 60.2 Å². The highest BCUT2D eigenvalue weighted by Gasteiger charge is 2.25. The fraction of sp³-hybridized carbons (Fsp3) is 0.667. The molecule has 2 aliphatic rings. The molecule has 2 saturated heterocycles. The van der Waals surface area contributed by atoms with Gasteiger partial charge in [-0.2, -0.15) is 0 Å². The molecular weight excluding hydrogens is 304 g/mol. The number of aromatic nitrogens is 2. The Bertz CT molecular complexity index is 497. The van der Waals surface area contributed by atoms with Crippen LogP contribution in [0.4, 0.5) is 5.95 Å². The molecule has 22 heavy (non-hydrogen) atoms. The Hall–Kier alpha value is -1.40. The summed E-state index contributed by atoms with van der Waals surface area (Å²) in [5, 5.41) is 0.551. The van der Waals surface area contributed by atoms with Gasteiger partial charge in [0.25, 0.3) is 0 Å². The van der Waals surface area contributed by atoms with Crippen LogP contribution in [0, 0.1) is 5.92 Å². The Labute approximate surface area is 135 Å². The van der Waals surface area contributed by atoms with Crippen molar-refractivity contribution in [2.45, 2.75) is 19.3 Å². The third kappa shape index (κ3) is 3.87. The lowest BCUT2D eigenvalue weighted by Crippen LogP contribution is -2.42. The van der Waals surface area contributed by atoms with Crippen molar-refractivity contribution in [2.75, 3.05) is 44.3 Å². The summed E-state index contributed by atoms with van der Waals surface area (Å²) >= 11 is 5.81. The Morgan fingerprint density at radius 1 is 1.18 bits per heavy atom. The zero-order chi connectivity index (χ0) is 15.4. The molecule has 1 amide bonds. The van der Waals surface area contributed by atoms with Crippen molar-refractivity contribution in [3.05, 3.63) is 17.4 Å². The monoisotopic (exact) mass is 324 g/mol. The molecule has 0 bridgehead atoms. The van der Waals surface area contributed by atoms with Crippen molar-refractivity contribution >= 4 is 23.5 Å². The Morgan fingerprint density at radius 2 is 1.82 bits per heavy atom. The van der Waals surface area contributed by atoms with Crippen LogP contribution in [0.15, 0.2) is 12.4 Å². The second kappa shape index (κ2) is 7.24. The molecule has 6 nitrogen and oxygen atoms in total. The molecule has 0 N–H and O–H groups in total. The summed E-state index contributed by atoms with van der Waals surface area (Å²) < 4.78 is 5.29. The maximum absolute atomic E-state index is 12.3. The van der Waals surface area contributed by atoms with E-state index >= 15 is 0 Å². The largest absolute Gasteiger partial charge is 0.378 e. The molecule has 7 heteroatoms. The highest BCUT2D eigenvalue weighted by Crippen LogP contribution is 2.24. The van der Waals surface area contributed by atoms with E-state index in [1.807, 2.05) is 4.90 Å². The van der Waals surface area contributed by atoms with Crippen molar-refractivity contribution in [1.82, 2.24) is 14.9 Å². The summed E-state index contributed by atoms with van der Waals surface area (Å²) in [5.74, 6) is 1.45. The van der Waals surface area contributed by atoms with E-state index < -0.39 is 0 Å². The van der Waals surface area contributed by atoms with Gasteiger partial charge in [0.15, 0.2) is 0 Å². The molecule has 0 unspecified atom stereocenters. The Morgan fingerprint density at radius 3 is 2.45 bits per heavy atom. The number of hydrogen-bond acceptors (Lipinski definition) is 5. The minimum Gasteiger partial charge on any atom is -0.378 e. The van der Waals surface area contributed by atoms with Gasteiger partial charge < -0.3 is 14.5 Å². The van der Waals surface area contributed by atoms with Gasteiger partial charge in [-0.15, -0.1) is 0 Å². The first-order valence-electron chi connectivity index (χ1n) is 7.80. The second-order valence-electron chi connectivity index (χ2n) is 5.83. The number of amides is 1. The van der Waals surface area contributed by atoms with E-state index in [9.17, 15) is 4.79 Å². The summed E-state index contributed by atoms with van der Waals surface area (Å²) in [5.41, 5.74) is 0. The summed E-state index contributed by atoms with van der Waals surface area (Å²) in [4.78, 5) is 24.9. The quantitative estimate of drug-likeness (QED) is 0.845. The van der Waals surface area contributed by atoms with E-state index in [0.29, 0.717) is 30.6 Å². The van der Waals surface area contributed by atoms with Crippen molar-refractivity contribution in [1.29, 1.82) is 0 Å². The smallest absolute Gasteiger partial charge is 0.225 e. The number of hydrogen-bond donors (Lipinski definition) is 0. The van der Waals surface area contributed by atoms with Gasteiger partial charge in [-0.3, -0.25) is 4.79 Å². The van der Waals surface area contributed by atoms with Crippen molar-refractivity contribution in [3.8, 4) is 0 Å². The van der Waals surface area contributed by atoms with Crippen molar-refractivity contribution in [2.24, 2.45) is 5.92 Å². The predicted molar refractivity (Wildman–Crippen MR) is 84.0 cm³/mol. The fourth-order valence-corrected chi connectivity index (χ4v) is 3.09. The lowest BCUT2D eigenvalue weighted by molar-refractivity contribution is -0.136. The lowest BCUT2D eigenvalue weighted by atomic mass is 9.93. The first-order valence-corrected chi connectivity index (χ1v) is 8.18. The van der Waals surface area contributed by atoms with Gasteiger partial charge in [-0.1, -0.05) is 11.6 Å². The summed E-state index contributed by atoms with van der Waals surface area (Å²) in [7, 11) is 0. The first-order chi connectivity index (χ1) is 10.7. The molecule has 0 atom stereocenters. The number of morpholine rings is 1. The summed E-state index contributed by atoms with van der Waals surface area (Å²) in [6, 6.07) is 0. The molecular formula is C15H21ClN4O2. The lowest BCUT2D eigenvalue weighted by Gasteiger charge is -2.33. The average Bonchev–Trinajstić information content (AvgIpc) is 2.57. The van der Waals surface area contributed by atoms with Gasteiger partial charge in [0.05, 0.1) is 30.6 Å². The molecule has 0 aliphatic carbocycles. The molecule has 0 spiro atoms. The highest BCUT2D eigenvalue weighted by atomic mass is 35.5. The van der Waals surface area contributed by atoms with Crippen molar-refractivity contribution < 1.29 is 9.53 Å². The van der Waals surface area contributed by atoms with Gasteiger partial charge >= 0.3 is 0 Å². The predicted octanol–water partition coefficient (Wildman–Crippen LogP) is 1.60. The van der Waals surface area contributed by atoms with E-state index in [1.54, 1.807) is 12.4 Å². The molecule has 0 saturated carbocycles. The van der Waals surface area contributed by atoms with E-state index in [2.05, 4.69) is 14.9 Å².